The highest BCUT2D eigenvalue weighted by Gasteiger charge is 2.50. The van der Waals surface area contributed by atoms with Crippen LogP contribution in [0.2, 0.25) is 0 Å². The summed E-state index contributed by atoms with van der Waals surface area (Å²) >= 11 is 0. The predicted molar refractivity (Wildman–Crippen MR) is 127 cm³/mol. The largest absolute Gasteiger partial charge is 0.486 e. The molecule has 3 heterocycles. The molecule has 1 aromatic heterocycles. The lowest BCUT2D eigenvalue weighted by molar-refractivity contribution is 0.171. The second kappa shape index (κ2) is 9.13. The van der Waals surface area contributed by atoms with Gasteiger partial charge in [0, 0.05) is 25.2 Å². The van der Waals surface area contributed by atoms with E-state index in [2.05, 4.69) is 19.8 Å². The van der Waals surface area contributed by atoms with Gasteiger partial charge >= 0.3 is 0 Å². The molecular formula is C25H27FN4O5S. The van der Waals surface area contributed by atoms with Crippen LogP contribution in [0.25, 0.3) is 0 Å². The van der Waals surface area contributed by atoms with E-state index in [9.17, 15) is 12.8 Å². The number of likely N-dealkylation sites (tertiary alicyclic amines) is 1. The number of halogens is 1. The number of aromatic nitrogens is 2. The lowest BCUT2D eigenvalue weighted by Crippen LogP contribution is -2.44. The van der Waals surface area contributed by atoms with Gasteiger partial charge in [0.15, 0.2) is 17.3 Å². The van der Waals surface area contributed by atoms with Crippen LogP contribution in [-0.4, -0.2) is 55.8 Å². The highest BCUT2D eigenvalue weighted by atomic mass is 32.2. The van der Waals surface area contributed by atoms with Gasteiger partial charge in [-0.15, -0.1) is 0 Å². The number of benzene rings is 2. The molecule has 3 aliphatic rings. The summed E-state index contributed by atoms with van der Waals surface area (Å²) in [7, 11) is -3.67. The topological polar surface area (TPSA) is 107 Å². The molecule has 1 aliphatic carbocycles. The highest BCUT2D eigenvalue weighted by Crippen LogP contribution is 2.52. The molecule has 2 fully saturated rings. The fourth-order valence-corrected chi connectivity index (χ4v) is 6.25. The van der Waals surface area contributed by atoms with Crippen molar-refractivity contribution in [2.24, 2.45) is 0 Å². The van der Waals surface area contributed by atoms with Gasteiger partial charge in [0.05, 0.1) is 16.9 Å². The van der Waals surface area contributed by atoms with Gasteiger partial charge in [-0.2, -0.15) is 4.98 Å². The lowest BCUT2D eigenvalue weighted by Gasteiger charge is -2.31. The van der Waals surface area contributed by atoms with Crippen LogP contribution in [0.5, 0.6) is 11.5 Å². The molecule has 3 aromatic rings. The summed E-state index contributed by atoms with van der Waals surface area (Å²) in [6, 6.07) is 11.0. The SMILES string of the molecule is O=S(=O)(NC1CCN(Cc2nc(C3(c4ccc(F)cc4)CC3)no2)CC1)c1ccc2c(c1)OCCO2. The zero-order chi connectivity index (χ0) is 24.8. The number of nitrogens with one attached hydrogen (secondary N) is 1. The van der Waals surface area contributed by atoms with Crippen LogP contribution in [0.4, 0.5) is 4.39 Å². The van der Waals surface area contributed by atoms with Gasteiger partial charge in [-0.1, -0.05) is 17.3 Å². The third-order valence-electron chi connectivity index (χ3n) is 7.14. The van der Waals surface area contributed by atoms with Crippen LogP contribution in [0.3, 0.4) is 0 Å². The first-order valence-electron chi connectivity index (χ1n) is 12.1. The molecule has 0 radical (unpaired) electrons. The van der Waals surface area contributed by atoms with E-state index < -0.39 is 10.0 Å². The maximum Gasteiger partial charge on any atom is 0.240 e. The van der Waals surface area contributed by atoms with E-state index in [-0.39, 0.29) is 22.2 Å². The molecule has 0 bridgehead atoms. The molecular weight excluding hydrogens is 487 g/mol. The van der Waals surface area contributed by atoms with Gasteiger partial charge in [0.2, 0.25) is 15.9 Å². The monoisotopic (exact) mass is 514 g/mol. The fourth-order valence-electron chi connectivity index (χ4n) is 4.93. The molecule has 0 atom stereocenters. The van der Waals surface area contributed by atoms with Crippen molar-refractivity contribution < 1.29 is 26.8 Å². The van der Waals surface area contributed by atoms with Crippen molar-refractivity contribution in [1.29, 1.82) is 0 Å². The molecule has 1 saturated carbocycles. The normalized spacial score (nSPS) is 19.8. The van der Waals surface area contributed by atoms with Crippen molar-refractivity contribution >= 4 is 10.0 Å². The van der Waals surface area contributed by atoms with Gasteiger partial charge in [-0.25, -0.2) is 17.5 Å². The van der Waals surface area contributed by atoms with Crippen LogP contribution < -0.4 is 14.2 Å². The molecule has 2 aromatic carbocycles. The molecule has 0 spiro atoms. The average molecular weight is 515 g/mol. The zero-order valence-electron chi connectivity index (χ0n) is 19.7. The molecule has 2 aliphatic heterocycles. The van der Waals surface area contributed by atoms with E-state index in [0.29, 0.717) is 68.9 Å². The Kier molecular flexibility index (Phi) is 5.93. The molecule has 11 heteroatoms. The van der Waals surface area contributed by atoms with Gasteiger partial charge < -0.3 is 14.0 Å². The van der Waals surface area contributed by atoms with Gasteiger partial charge in [-0.3, -0.25) is 4.90 Å². The van der Waals surface area contributed by atoms with Crippen molar-refractivity contribution in [1.82, 2.24) is 19.8 Å². The van der Waals surface area contributed by atoms with Crippen molar-refractivity contribution in [3.63, 3.8) is 0 Å². The number of sulfonamides is 1. The Balaban J connectivity index is 1.04. The zero-order valence-corrected chi connectivity index (χ0v) is 20.5. The van der Waals surface area contributed by atoms with E-state index in [1.165, 1.54) is 24.3 Å². The molecule has 6 rings (SSSR count). The van der Waals surface area contributed by atoms with Crippen molar-refractivity contribution in [3.05, 3.63) is 65.6 Å². The van der Waals surface area contributed by atoms with Crippen molar-refractivity contribution in [2.45, 2.75) is 48.6 Å². The van der Waals surface area contributed by atoms with E-state index in [0.717, 1.165) is 18.4 Å². The standard InChI is InChI=1S/C25H27FN4O5S/c26-18-3-1-17(2-4-18)25(9-10-25)24-27-23(35-28-24)16-30-11-7-19(8-12-30)29-36(31,32)20-5-6-21-22(15-20)34-14-13-33-21/h1-6,15,19,29H,7-14,16H2. The molecule has 0 unspecified atom stereocenters. The minimum atomic E-state index is -3.67. The van der Waals surface area contributed by atoms with Crippen LogP contribution in [0.15, 0.2) is 51.9 Å². The minimum Gasteiger partial charge on any atom is -0.486 e. The number of ether oxygens (including phenoxy) is 2. The van der Waals surface area contributed by atoms with Crippen LogP contribution in [-0.2, 0) is 22.0 Å². The summed E-state index contributed by atoms with van der Waals surface area (Å²) in [5.74, 6) is 1.92. The number of hydrogen-bond acceptors (Lipinski definition) is 8. The second-order valence-corrected chi connectivity index (χ2v) is 11.3. The van der Waals surface area contributed by atoms with Crippen molar-refractivity contribution in [2.75, 3.05) is 26.3 Å². The Morgan fingerprint density at radius 1 is 1.03 bits per heavy atom. The Morgan fingerprint density at radius 2 is 1.75 bits per heavy atom. The number of rotatable bonds is 7. The van der Waals surface area contributed by atoms with E-state index in [1.54, 1.807) is 18.2 Å². The average Bonchev–Trinajstić information content (AvgIpc) is 3.56. The molecule has 0 amide bonds. The third-order valence-corrected chi connectivity index (χ3v) is 8.65. The minimum absolute atomic E-state index is 0.161. The third kappa shape index (κ3) is 4.58. The molecule has 190 valence electrons. The second-order valence-electron chi connectivity index (χ2n) is 9.58. The summed E-state index contributed by atoms with van der Waals surface area (Å²) in [6.07, 6.45) is 3.16. The first-order valence-corrected chi connectivity index (χ1v) is 13.6. The first-order chi connectivity index (χ1) is 17.4. The van der Waals surface area contributed by atoms with Gasteiger partial charge in [-0.05, 0) is 55.5 Å². The number of nitrogens with zero attached hydrogens (tertiary/aromatic N) is 3. The number of hydrogen-bond donors (Lipinski definition) is 1. The highest BCUT2D eigenvalue weighted by molar-refractivity contribution is 7.89. The molecule has 9 nitrogen and oxygen atoms in total. The number of fused-ring (bicyclic) bond motifs is 1. The predicted octanol–water partition coefficient (Wildman–Crippen LogP) is 3.00. The Morgan fingerprint density at radius 3 is 2.47 bits per heavy atom. The lowest BCUT2D eigenvalue weighted by atomic mass is 9.95. The summed E-state index contributed by atoms with van der Waals surface area (Å²) in [6.45, 7) is 2.77. The van der Waals surface area contributed by atoms with Crippen LogP contribution in [0.1, 0.15) is 43.0 Å². The Labute approximate surface area is 208 Å². The smallest absolute Gasteiger partial charge is 0.240 e. The Bertz CT molecular complexity index is 1350. The summed E-state index contributed by atoms with van der Waals surface area (Å²) in [5, 5.41) is 4.22. The summed E-state index contributed by atoms with van der Waals surface area (Å²) < 4.78 is 58.5. The molecule has 1 N–H and O–H groups in total. The number of piperidine rings is 1. The quantitative estimate of drug-likeness (QED) is 0.513. The van der Waals surface area contributed by atoms with Gasteiger partial charge in [0.25, 0.3) is 0 Å². The fraction of sp³-hybridized carbons (Fsp3) is 0.440. The summed E-state index contributed by atoms with van der Waals surface area (Å²) in [5.41, 5.74) is 0.719. The maximum atomic E-state index is 13.3. The van der Waals surface area contributed by atoms with E-state index in [4.69, 9.17) is 14.0 Å². The van der Waals surface area contributed by atoms with Crippen LogP contribution in [0, 0.1) is 5.82 Å². The van der Waals surface area contributed by atoms with Gasteiger partial charge in [0.1, 0.15) is 19.0 Å². The van der Waals surface area contributed by atoms with Crippen molar-refractivity contribution in [3.8, 4) is 11.5 Å². The summed E-state index contributed by atoms with van der Waals surface area (Å²) in [4.78, 5) is 7.00. The molecule has 1 saturated heterocycles. The maximum absolute atomic E-state index is 13.3. The van der Waals surface area contributed by atoms with E-state index >= 15 is 0 Å². The Hall–Kier alpha value is -3.02. The van der Waals surface area contributed by atoms with E-state index in [1.807, 2.05) is 0 Å². The van der Waals surface area contributed by atoms with Crippen LogP contribution >= 0.6 is 0 Å². The first kappa shape index (κ1) is 23.4. The molecule has 36 heavy (non-hydrogen) atoms.